The molecule has 1 unspecified atom stereocenters. The van der Waals surface area contributed by atoms with Gasteiger partial charge in [0.05, 0.1) is 0 Å². The van der Waals surface area contributed by atoms with Crippen LogP contribution in [0.25, 0.3) is 0 Å². The van der Waals surface area contributed by atoms with Crippen LogP contribution < -0.4 is 0 Å². The Bertz CT molecular complexity index is 188. The molecule has 0 heteroatoms. The smallest absolute Gasteiger partial charge is 0.0171 e. The van der Waals surface area contributed by atoms with Gasteiger partial charge in [-0.25, -0.2) is 0 Å². The second kappa shape index (κ2) is 6.86. The Kier molecular flexibility index (Phi) is 5.66. The molecule has 1 aliphatic rings. The fraction of sp³-hybridized carbons (Fsp3) is 0.714. The first kappa shape index (κ1) is 11.6. The van der Waals surface area contributed by atoms with E-state index in [9.17, 15) is 0 Å². The topological polar surface area (TPSA) is 0 Å². The predicted molar refractivity (Wildman–Crippen MR) is 64.4 cm³/mol. The van der Waals surface area contributed by atoms with E-state index in [-0.39, 0.29) is 0 Å². The lowest BCUT2D eigenvalue weighted by Crippen LogP contribution is -2.04. The monoisotopic (exact) mass is 192 g/mol. The molecule has 0 N–H and O–H groups in total. The van der Waals surface area contributed by atoms with E-state index in [0.717, 1.165) is 5.92 Å². The van der Waals surface area contributed by atoms with Gasteiger partial charge in [0.15, 0.2) is 0 Å². The highest BCUT2D eigenvalue weighted by molar-refractivity contribution is 5.04. The lowest BCUT2D eigenvalue weighted by molar-refractivity contribution is 0.499. The van der Waals surface area contributed by atoms with Crippen LogP contribution in [-0.4, -0.2) is 0 Å². The highest BCUT2D eigenvalue weighted by Gasteiger charge is 2.11. The Labute approximate surface area is 89.1 Å². The maximum Gasteiger partial charge on any atom is -0.0171 e. The van der Waals surface area contributed by atoms with E-state index < -0.39 is 0 Å². The maximum atomic E-state index is 4.25. The molecule has 0 bridgehead atoms. The molecule has 0 saturated carbocycles. The van der Waals surface area contributed by atoms with Crippen molar-refractivity contribution in [1.82, 2.24) is 0 Å². The molecule has 0 heterocycles. The van der Waals surface area contributed by atoms with E-state index in [1.54, 1.807) is 0 Å². The van der Waals surface area contributed by atoms with E-state index in [0.29, 0.717) is 0 Å². The summed E-state index contributed by atoms with van der Waals surface area (Å²) < 4.78 is 0. The molecule has 1 rings (SSSR count). The number of unbranched alkanes of at least 4 members (excludes halogenated alkanes) is 1. The summed E-state index contributed by atoms with van der Waals surface area (Å²) in [6, 6.07) is 0. The van der Waals surface area contributed by atoms with Gasteiger partial charge < -0.3 is 0 Å². The summed E-state index contributed by atoms with van der Waals surface area (Å²) in [7, 11) is 0. The second-order valence-corrected chi connectivity index (χ2v) is 4.45. The Morgan fingerprint density at radius 3 is 3.00 bits per heavy atom. The fourth-order valence-electron chi connectivity index (χ4n) is 2.13. The number of rotatable bonds is 4. The first-order valence-corrected chi connectivity index (χ1v) is 6.17. The standard InChI is InChI=1S/C14H24/c1-3-4-10-13(2)14-11-8-6-5-7-9-12-14/h6,8,14H,2-5,7,9-12H2,1H3. The minimum atomic E-state index is 0.776. The molecule has 0 aromatic heterocycles. The first-order valence-electron chi connectivity index (χ1n) is 6.17. The first-order chi connectivity index (χ1) is 6.84. The van der Waals surface area contributed by atoms with E-state index >= 15 is 0 Å². The highest BCUT2D eigenvalue weighted by atomic mass is 14.2. The van der Waals surface area contributed by atoms with Crippen molar-refractivity contribution in [1.29, 1.82) is 0 Å². The average Bonchev–Trinajstić information content (AvgIpc) is 2.13. The average molecular weight is 192 g/mol. The quantitative estimate of drug-likeness (QED) is 0.557. The Morgan fingerprint density at radius 1 is 1.36 bits per heavy atom. The summed E-state index contributed by atoms with van der Waals surface area (Å²) in [4.78, 5) is 0. The third kappa shape index (κ3) is 4.13. The summed E-state index contributed by atoms with van der Waals surface area (Å²) >= 11 is 0. The van der Waals surface area contributed by atoms with E-state index in [2.05, 4.69) is 25.7 Å². The molecular formula is C14H24. The molecule has 0 aromatic carbocycles. The molecule has 0 spiro atoms. The van der Waals surface area contributed by atoms with Crippen LogP contribution in [0, 0.1) is 5.92 Å². The molecule has 0 fully saturated rings. The number of allylic oxidation sites excluding steroid dienone is 3. The minimum Gasteiger partial charge on any atom is -0.0996 e. The van der Waals surface area contributed by atoms with Crippen LogP contribution >= 0.6 is 0 Å². The maximum absolute atomic E-state index is 4.25. The van der Waals surface area contributed by atoms with E-state index in [4.69, 9.17) is 0 Å². The number of hydrogen-bond donors (Lipinski definition) is 0. The van der Waals surface area contributed by atoms with Gasteiger partial charge in [-0.05, 0) is 44.4 Å². The van der Waals surface area contributed by atoms with Crippen LogP contribution in [0.5, 0.6) is 0 Å². The van der Waals surface area contributed by atoms with Gasteiger partial charge in [-0.2, -0.15) is 0 Å². The van der Waals surface area contributed by atoms with E-state index in [1.165, 1.54) is 56.9 Å². The summed E-state index contributed by atoms with van der Waals surface area (Å²) in [5.41, 5.74) is 1.50. The summed E-state index contributed by atoms with van der Waals surface area (Å²) in [6.45, 7) is 6.51. The predicted octanol–water partition coefficient (Wildman–Crippen LogP) is 4.87. The highest BCUT2D eigenvalue weighted by Crippen LogP contribution is 2.27. The van der Waals surface area contributed by atoms with Crippen LogP contribution in [0.4, 0.5) is 0 Å². The summed E-state index contributed by atoms with van der Waals surface area (Å²) in [5.74, 6) is 0.776. The van der Waals surface area contributed by atoms with Gasteiger partial charge in [-0.15, -0.1) is 0 Å². The third-order valence-corrected chi connectivity index (χ3v) is 3.19. The fourth-order valence-corrected chi connectivity index (χ4v) is 2.13. The van der Waals surface area contributed by atoms with Gasteiger partial charge in [-0.1, -0.05) is 44.1 Å². The molecule has 14 heavy (non-hydrogen) atoms. The van der Waals surface area contributed by atoms with Gasteiger partial charge in [0.1, 0.15) is 0 Å². The molecular weight excluding hydrogens is 168 g/mol. The van der Waals surface area contributed by atoms with Gasteiger partial charge in [0.25, 0.3) is 0 Å². The molecule has 0 aromatic rings. The normalized spacial score (nSPS) is 22.8. The Morgan fingerprint density at radius 2 is 2.21 bits per heavy atom. The van der Waals surface area contributed by atoms with Crippen LogP contribution in [0.3, 0.4) is 0 Å². The van der Waals surface area contributed by atoms with Crippen molar-refractivity contribution in [2.45, 2.75) is 58.3 Å². The lowest BCUT2D eigenvalue weighted by atomic mass is 9.87. The zero-order chi connectivity index (χ0) is 10.2. The molecule has 80 valence electrons. The lowest BCUT2D eigenvalue weighted by Gasteiger charge is -2.19. The van der Waals surface area contributed by atoms with Crippen molar-refractivity contribution in [3.05, 3.63) is 24.3 Å². The van der Waals surface area contributed by atoms with Gasteiger partial charge in [-0.3, -0.25) is 0 Å². The van der Waals surface area contributed by atoms with Crippen molar-refractivity contribution < 1.29 is 0 Å². The van der Waals surface area contributed by atoms with Crippen molar-refractivity contribution in [2.75, 3.05) is 0 Å². The molecule has 0 amide bonds. The summed E-state index contributed by atoms with van der Waals surface area (Å²) in [5, 5.41) is 0. The minimum absolute atomic E-state index is 0.776. The molecule has 0 nitrogen and oxygen atoms in total. The van der Waals surface area contributed by atoms with Gasteiger partial charge >= 0.3 is 0 Å². The largest absolute Gasteiger partial charge is 0.0996 e. The van der Waals surface area contributed by atoms with Gasteiger partial charge in [0.2, 0.25) is 0 Å². The molecule has 0 radical (unpaired) electrons. The molecule has 1 atom stereocenters. The van der Waals surface area contributed by atoms with E-state index in [1.807, 2.05) is 0 Å². The van der Waals surface area contributed by atoms with Crippen molar-refractivity contribution >= 4 is 0 Å². The zero-order valence-electron chi connectivity index (χ0n) is 9.60. The Hall–Kier alpha value is -0.520. The van der Waals surface area contributed by atoms with Crippen LogP contribution in [0.1, 0.15) is 58.3 Å². The second-order valence-electron chi connectivity index (χ2n) is 4.45. The van der Waals surface area contributed by atoms with Crippen LogP contribution in [0.2, 0.25) is 0 Å². The zero-order valence-corrected chi connectivity index (χ0v) is 9.60. The SMILES string of the molecule is C=C(CCCC)C1CC=CCCCC1. The van der Waals surface area contributed by atoms with Crippen molar-refractivity contribution in [3.8, 4) is 0 Å². The number of hydrogen-bond acceptors (Lipinski definition) is 0. The van der Waals surface area contributed by atoms with Crippen molar-refractivity contribution in [2.24, 2.45) is 5.92 Å². The molecule has 0 saturated heterocycles. The third-order valence-electron chi connectivity index (χ3n) is 3.19. The Balaban J connectivity index is 2.35. The summed E-state index contributed by atoms with van der Waals surface area (Å²) in [6.07, 6.45) is 15.2. The van der Waals surface area contributed by atoms with Crippen LogP contribution in [-0.2, 0) is 0 Å². The van der Waals surface area contributed by atoms with Crippen molar-refractivity contribution in [3.63, 3.8) is 0 Å². The molecule has 0 aliphatic heterocycles. The van der Waals surface area contributed by atoms with Gasteiger partial charge in [0, 0.05) is 0 Å². The molecule has 1 aliphatic carbocycles. The van der Waals surface area contributed by atoms with Crippen LogP contribution in [0.15, 0.2) is 24.3 Å².